The Morgan fingerprint density at radius 3 is 2.87 bits per heavy atom. The van der Waals surface area contributed by atoms with Gasteiger partial charge in [0.25, 0.3) is 0 Å². The molecule has 0 aromatic carbocycles. The fourth-order valence-corrected chi connectivity index (χ4v) is 2.25. The van der Waals surface area contributed by atoms with Gasteiger partial charge in [0.1, 0.15) is 0 Å². The van der Waals surface area contributed by atoms with E-state index in [-0.39, 0.29) is 11.9 Å². The first-order valence-electron chi connectivity index (χ1n) is 5.69. The van der Waals surface area contributed by atoms with Crippen molar-refractivity contribution in [3.8, 4) is 0 Å². The van der Waals surface area contributed by atoms with Gasteiger partial charge in [-0.05, 0) is 39.3 Å². The maximum Gasteiger partial charge on any atom is 0.238 e. The van der Waals surface area contributed by atoms with E-state index in [1.165, 1.54) is 19.4 Å². The van der Waals surface area contributed by atoms with Crippen LogP contribution in [0.15, 0.2) is 0 Å². The van der Waals surface area contributed by atoms with Crippen molar-refractivity contribution in [1.82, 2.24) is 9.80 Å². The van der Waals surface area contributed by atoms with Crippen LogP contribution >= 0.6 is 0 Å². The van der Waals surface area contributed by atoms with E-state index in [9.17, 15) is 4.79 Å². The maximum absolute atomic E-state index is 11.6. The molecule has 1 aliphatic heterocycles. The van der Waals surface area contributed by atoms with Gasteiger partial charge in [-0.15, -0.1) is 0 Å². The number of piperidine rings is 1. The topological polar surface area (TPSA) is 49.6 Å². The molecule has 15 heavy (non-hydrogen) atoms. The first-order chi connectivity index (χ1) is 7.00. The highest BCUT2D eigenvalue weighted by Crippen LogP contribution is 2.15. The first-order valence-corrected chi connectivity index (χ1v) is 5.69. The summed E-state index contributed by atoms with van der Waals surface area (Å²) in [4.78, 5) is 15.7. The summed E-state index contributed by atoms with van der Waals surface area (Å²) >= 11 is 0. The molecule has 4 heteroatoms. The van der Waals surface area contributed by atoms with E-state index >= 15 is 0 Å². The summed E-state index contributed by atoms with van der Waals surface area (Å²) in [5.74, 6) is 0.652. The summed E-state index contributed by atoms with van der Waals surface area (Å²) in [5.41, 5.74) is 5.57. The number of likely N-dealkylation sites (tertiary alicyclic amines) is 1. The van der Waals surface area contributed by atoms with E-state index in [0.717, 1.165) is 13.1 Å². The Morgan fingerprint density at radius 2 is 2.33 bits per heavy atom. The van der Waals surface area contributed by atoms with E-state index in [0.29, 0.717) is 5.92 Å². The minimum atomic E-state index is -0.378. The normalized spacial score (nSPS) is 24.9. The van der Waals surface area contributed by atoms with Gasteiger partial charge in [-0.1, -0.05) is 0 Å². The third-order valence-electron chi connectivity index (χ3n) is 3.02. The summed E-state index contributed by atoms with van der Waals surface area (Å²) in [6.07, 6.45) is 2.46. The molecule has 1 saturated heterocycles. The van der Waals surface area contributed by atoms with E-state index in [4.69, 9.17) is 5.73 Å². The number of amides is 1. The first kappa shape index (κ1) is 12.5. The summed E-state index contributed by atoms with van der Waals surface area (Å²) in [6, 6.07) is -0.378. The molecule has 0 unspecified atom stereocenters. The lowest BCUT2D eigenvalue weighted by molar-refractivity contribution is -0.131. The zero-order valence-corrected chi connectivity index (χ0v) is 10.1. The van der Waals surface area contributed by atoms with Gasteiger partial charge in [0.2, 0.25) is 5.91 Å². The molecule has 1 rings (SSSR count). The van der Waals surface area contributed by atoms with Gasteiger partial charge in [-0.25, -0.2) is 0 Å². The Labute approximate surface area is 92.4 Å². The van der Waals surface area contributed by atoms with Crippen LogP contribution in [-0.4, -0.2) is 55.5 Å². The zero-order chi connectivity index (χ0) is 11.4. The highest BCUT2D eigenvalue weighted by atomic mass is 16.2. The van der Waals surface area contributed by atoms with Crippen molar-refractivity contribution < 1.29 is 4.79 Å². The van der Waals surface area contributed by atoms with Crippen molar-refractivity contribution in [2.45, 2.75) is 25.8 Å². The number of likely N-dealkylation sites (N-methyl/N-ethyl adjacent to an activating group) is 1. The maximum atomic E-state index is 11.6. The van der Waals surface area contributed by atoms with Crippen LogP contribution in [-0.2, 0) is 4.79 Å². The molecule has 1 fully saturated rings. The largest absolute Gasteiger partial charge is 0.344 e. The molecule has 0 spiro atoms. The van der Waals surface area contributed by atoms with Crippen LogP contribution in [0, 0.1) is 5.92 Å². The summed E-state index contributed by atoms with van der Waals surface area (Å²) in [7, 11) is 3.99. The average molecular weight is 213 g/mol. The van der Waals surface area contributed by atoms with Gasteiger partial charge < -0.3 is 15.5 Å². The molecule has 1 heterocycles. The molecule has 2 atom stereocenters. The third kappa shape index (κ3) is 3.80. The molecule has 2 N–H and O–H groups in total. The monoisotopic (exact) mass is 213 g/mol. The van der Waals surface area contributed by atoms with Gasteiger partial charge in [0, 0.05) is 20.1 Å². The van der Waals surface area contributed by atoms with Gasteiger partial charge in [0.05, 0.1) is 6.04 Å². The molecule has 4 nitrogen and oxygen atoms in total. The molecule has 0 radical (unpaired) electrons. The van der Waals surface area contributed by atoms with Gasteiger partial charge in [-0.2, -0.15) is 0 Å². The summed E-state index contributed by atoms with van der Waals surface area (Å²) in [6.45, 7) is 4.86. The van der Waals surface area contributed by atoms with Crippen molar-refractivity contribution in [3.63, 3.8) is 0 Å². The fourth-order valence-electron chi connectivity index (χ4n) is 2.25. The standard InChI is InChI=1S/C11H23N3O/c1-9(12)11(15)14(3)8-10-5-4-6-13(2)7-10/h9-10H,4-8,12H2,1-3H3/t9-,10+/m0/s1. The molecular formula is C11H23N3O. The second-order valence-electron chi connectivity index (χ2n) is 4.78. The lowest BCUT2D eigenvalue weighted by atomic mass is 9.98. The van der Waals surface area contributed by atoms with Crippen LogP contribution in [0.1, 0.15) is 19.8 Å². The second kappa shape index (κ2) is 5.47. The molecule has 0 aliphatic carbocycles. The van der Waals surface area contributed by atoms with Gasteiger partial charge >= 0.3 is 0 Å². The number of carbonyl (C=O) groups is 1. The van der Waals surface area contributed by atoms with E-state index in [1.807, 2.05) is 7.05 Å². The van der Waals surface area contributed by atoms with Crippen molar-refractivity contribution >= 4 is 5.91 Å². The highest BCUT2D eigenvalue weighted by molar-refractivity contribution is 5.80. The summed E-state index contributed by atoms with van der Waals surface area (Å²) < 4.78 is 0. The van der Waals surface area contributed by atoms with E-state index in [2.05, 4.69) is 11.9 Å². The van der Waals surface area contributed by atoms with Crippen molar-refractivity contribution in [1.29, 1.82) is 0 Å². The third-order valence-corrected chi connectivity index (χ3v) is 3.02. The summed E-state index contributed by atoms with van der Waals surface area (Å²) in [5, 5.41) is 0. The molecule has 0 aromatic heterocycles. The van der Waals surface area contributed by atoms with E-state index < -0.39 is 0 Å². The van der Waals surface area contributed by atoms with Crippen molar-refractivity contribution in [2.24, 2.45) is 11.7 Å². The highest BCUT2D eigenvalue weighted by Gasteiger charge is 2.21. The minimum Gasteiger partial charge on any atom is -0.344 e. The fraction of sp³-hybridized carbons (Fsp3) is 0.909. The Kier molecular flexibility index (Phi) is 4.54. The smallest absolute Gasteiger partial charge is 0.238 e. The predicted octanol–water partition coefficient (Wildman–Crippen LogP) is 0.134. The van der Waals surface area contributed by atoms with Crippen molar-refractivity contribution in [3.05, 3.63) is 0 Å². The molecule has 1 amide bonds. The van der Waals surface area contributed by atoms with Gasteiger partial charge in [0.15, 0.2) is 0 Å². The number of hydrogen-bond donors (Lipinski definition) is 1. The van der Waals surface area contributed by atoms with Crippen LogP contribution in [0.25, 0.3) is 0 Å². The lowest BCUT2D eigenvalue weighted by Gasteiger charge is -2.32. The number of nitrogens with zero attached hydrogens (tertiary/aromatic N) is 2. The van der Waals surface area contributed by atoms with Gasteiger partial charge in [-0.3, -0.25) is 4.79 Å². The quantitative estimate of drug-likeness (QED) is 0.725. The minimum absolute atomic E-state index is 0.0447. The molecular weight excluding hydrogens is 190 g/mol. The van der Waals surface area contributed by atoms with E-state index in [1.54, 1.807) is 11.8 Å². The Bertz CT molecular complexity index is 218. The van der Waals surface area contributed by atoms with Crippen LogP contribution in [0.2, 0.25) is 0 Å². The predicted molar refractivity (Wildman–Crippen MR) is 61.5 cm³/mol. The van der Waals surface area contributed by atoms with Crippen LogP contribution in [0.5, 0.6) is 0 Å². The molecule has 0 bridgehead atoms. The number of carbonyl (C=O) groups excluding carboxylic acids is 1. The molecule has 1 aliphatic rings. The Hall–Kier alpha value is -0.610. The molecule has 88 valence electrons. The second-order valence-corrected chi connectivity index (χ2v) is 4.78. The lowest BCUT2D eigenvalue weighted by Crippen LogP contribution is -2.44. The number of rotatable bonds is 3. The Balaban J connectivity index is 2.36. The van der Waals surface area contributed by atoms with Crippen LogP contribution in [0.4, 0.5) is 0 Å². The SMILES string of the molecule is C[C@H](N)C(=O)N(C)C[C@@H]1CCCN(C)C1. The number of hydrogen-bond acceptors (Lipinski definition) is 3. The van der Waals surface area contributed by atoms with Crippen LogP contribution < -0.4 is 5.73 Å². The molecule has 0 aromatic rings. The average Bonchev–Trinajstić information content (AvgIpc) is 2.16. The number of nitrogens with two attached hydrogens (primary N) is 1. The Morgan fingerprint density at radius 1 is 1.67 bits per heavy atom. The van der Waals surface area contributed by atoms with Crippen molar-refractivity contribution in [2.75, 3.05) is 33.7 Å². The van der Waals surface area contributed by atoms with Crippen LogP contribution in [0.3, 0.4) is 0 Å². The zero-order valence-electron chi connectivity index (χ0n) is 10.1. The molecule has 0 saturated carbocycles.